The Hall–Kier alpha value is -2.61. The van der Waals surface area contributed by atoms with Crippen LogP contribution in [0.15, 0.2) is 24.3 Å². The van der Waals surface area contributed by atoms with Gasteiger partial charge in [-0.15, -0.1) is 0 Å². The van der Waals surface area contributed by atoms with Gasteiger partial charge < -0.3 is 25.6 Å². The van der Waals surface area contributed by atoms with E-state index in [9.17, 15) is 14.4 Å². The van der Waals surface area contributed by atoms with Crippen LogP contribution < -0.4 is 20.7 Å². The molecule has 1 saturated carbocycles. The number of ether oxygens (including phenoxy) is 1. The number of hydrogen-bond acceptors (Lipinski definition) is 5. The van der Waals surface area contributed by atoms with E-state index in [4.69, 9.17) is 4.74 Å². The summed E-state index contributed by atoms with van der Waals surface area (Å²) in [6.07, 6.45) is 4.70. The van der Waals surface area contributed by atoms with Crippen molar-refractivity contribution in [3.63, 3.8) is 0 Å². The van der Waals surface area contributed by atoms with Crippen molar-refractivity contribution in [2.24, 2.45) is 5.92 Å². The monoisotopic (exact) mass is 416 g/mol. The van der Waals surface area contributed by atoms with Crippen molar-refractivity contribution >= 4 is 17.7 Å². The van der Waals surface area contributed by atoms with E-state index in [0.717, 1.165) is 43.4 Å². The quantitative estimate of drug-likeness (QED) is 0.618. The van der Waals surface area contributed by atoms with E-state index >= 15 is 0 Å². The Balaban J connectivity index is 1.68. The van der Waals surface area contributed by atoms with E-state index in [2.05, 4.69) is 16.0 Å². The van der Waals surface area contributed by atoms with Crippen LogP contribution in [0.25, 0.3) is 0 Å². The number of nitrogens with one attached hydrogen (secondary N) is 3. The molecular formula is C22H32N4O4. The van der Waals surface area contributed by atoms with Gasteiger partial charge in [0, 0.05) is 20.1 Å². The third kappa shape index (κ3) is 6.19. The maximum atomic E-state index is 12.9. The summed E-state index contributed by atoms with van der Waals surface area (Å²) in [4.78, 5) is 38.5. The summed E-state index contributed by atoms with van der Waals surface area (Å²) in [5.41, 5.74) is 1.09. The summed E-state index contributed by atoms with van der Waals surface area (Å²) in [6.45, 7) is 1.36. The summed E-state index contributed by atoms with van der Waals surface area (Å²) in [5.74, 6) is 0.443. The highest BCUT2D eigenvalue weighted by molar-refractivity contribution is 5.89. The number of rotatable bonds is 1. The number of carbonyl (C=O) groups excluding carboxylic acids is 3. The Morgan fingerprint density at radius 3 is 2.57 bits per heavy atom. The van der Waals surface area contributed by atoms with Crippen molar-refractivity contribution in [2.75, 3.05) is 39.8 Å². The van der Waals surface area contributed by atoms with Crippen LogP contribution in [-0.2, 0) is 20.8 Å². The molecule has 0 aromatic heterocycles. The summed E-state index contributed by atoms with van der Waals surface area (Å²) in [5, 5.41) is 8.75. The Morgan fingerprint density at radius 2 is 1.80 bits per heavy atom. The Morgan fingerprint density at radius 1 is 1.00 bits per heavy atom. The highest BCUT2D eigenvalue weighted by Gasteiger charge is 2.34. The number of carbonyl (C=O) groups is 3. The van der Waals surface area contributed by atoms with Gasteiger partial charge in [0.15, 0.2) is 0 Å². The third-order valence-corrected chi connectivity index (χ3v) is 5.73. The number of aryl methyl sites for hydroxylation is 1. The molecule has 1 fully saturated rings. The first kappa shape index (κ1) is 22.1. The van der Waals surface area contributed by atoms with Gasteiger partial charge in [-0.1, -0.05) is 24.6 Å². The molecular weight excluding hydrogens is 384 g/mol. The number of fused-ring (bicyclic) bond motifs is 1. The molecule has 164 valence electrons. The van der Waals surface area contributed by atoms with E-state index in [1.54, 1.807) is 7.05 Å². The van der Waals surface area contributed by atoms with Crippen LogP contribution in [0, 0.1) is 5.92 Å². The summed E-state index contributed by atoms with van der Waals surface area (Å²) in [7, 11) is 1.63. The van der Waals surface area contributed by atoms with Crippen LogP contribution in [0.2, 0.25) is 0 Å². The first-order valence-corrected chi connectivity index (χ1v) is 10.8. The molecule has 3 rings (SSSR count). The first-order valence-electron chi connectivity index (χ1n) is 10.8. The minimum Gasteiger partial charge on any atom is -0.492 e. The molecule has 1 aliphatic heterocycles. The molecule has 2 aliphatic rings. The summed E-state index contributed by atoms with van der Waals surface area (Å²) >= 11 is 0. The summed E-state index contributed by atoms with van der Waals surface area (Å²) in [6, 6.07) is 7.57. The van der Waals surface area contributed by atoms with Gasteiger partial charge in [0.2, 0.25) is 17.7 Å². The zero-order valence-corrected chi connectivity index (χ0v) is 17.6. The van der Waals surface area contributed by atoms with Crippen LogP contribution >= 0.6 is 0 Å². The molecule has 0 bridgehead atoms. The van der Waals surface area contributed by atoms with Crippen molar-refractivity contribution in [2.45, 2.75) is 38.1 Å². The lowest BCUT2D eigenvalue weighted by atomic mass is 9.79. The zero-order chi connectivity index (χ0) is 21.3. The second-order valence-corrected chi connectivity index (χ2v) is 8.00. The predicted octanol–water partition coefficient (Wildman–Crippen LogP) is 0.461. The molecule has 30 heavy (non-hydrogen) atoms. The van der Waals surface area contributed by atoms with Gasteiger partial charge in [0.05, 0.1) is 19.1 Å². The number of benzene rings is 1. The zero-order valence-electron chi connectivity index (χ0n) is 17.6. The molecule has 0 spiro atoms. The molecule has 3 N–H and O–H groups in total. The van der Waals surface area contributed by atoms with Crippen molar-refractivity contribution in [3.8, 4) is 5.75 Å². The van der Waals surface area contributed by atoms with Gasteiger partial charge in [-0.05, 0) is 43.2 Å². The maximum absolute atomic E-state index is 12.9. The standard InChI is InChI=1S/C22H32N4O4/c1-26-15-20(28)25-14-19(27)23-11-5-9-16-6-2-3-10-18(16)30-13-12-24-21(22(26)29)17-7-4-8-17/h2-3,6,10,17,21,24H,4-5,7-9,11-15H2,1H3,(H,23,27)(H,25,28). The molecule has 8 nitrogen and oxygen atoms in total. The van der Waals surface area contributed by atoms with Crippen LogP contribution in [0.3, 0.4) is 0 Å². The van der Waals surface area contributed by atoms with Crippen molar-refractivity contribution in [1.29, 1.82) is 0 Å². The van der Waals surface area contributed by atoms with Gasteiger partial charge >= 0.3 is 0 Å². The second-order valence-electron chi connectivity index (χ2n) is 8.00. The molecule has 8 heteroatoms. The molecule has 1 atom stereocenters. The van der Waals surface area contributed by atoms with E-state index in [0.29, 0.717) is 19.7 Å². The number of para-hydroxylation sites is 1. The van der Waals surface area contributed by atoms with Gasteiger partial charge in [-0.2, -0.15) is 0 Å². The molecule has 1 aromatic carbocycles. The fourth-order valence-electron chi connectivity index (χ4n) is 3.79. The van der Waals surface area contributed by atoms with Gasteiger partial charge in [0.1, 0.15) is 12.4 Å². The lowest BCUT2D eigenvalue weighted by Gasteiger charge is -2.35. The SMILES string of the molecule is CN1CC(=O)NCC(=O)NCCCc2ccccc2OCCNC(C2CCC2)C1=O. The molecule has 1 unspecified atom stereocenters. The van der Waals surface area contributed by atoms with Crippen LogP contribution in [0.4, 0.5) is 0 Å². The Bertz CT molecular complexity index is 750. The predicted molar refractivity (Wildman–Crippen MR) is 113 cm³/mol. The van der Waals surface area contributed by atoms with Gasteiger partial charge in [-0.25, -0.2) is 0 Å². The summed E-state index contributed by atoms with van der Waals surface area (Å²) < 4.78 is 5.97. The van der Waals surface area contributed by atoms with E-state index in [1.807, 2.05) is 24.3 Å². The minimum absolute atomic E-state index is 0.0686. The molecule has 0 radical (unpaired) electrons. The maximum Gasteiger partial charge on any atom is 0.240 e. The molecule has 1 aliphatic carbocycles. The van der Waals surface area contributed by atoms with Crippen LogP contribution in [0.5, 0.6) is 5.75 Å². The highest BCUT2D eigenvalue weighted by atomic mass is 16.5. The van der Waals surface area contributed by atoms with Crippen molar-refractivity contribution < 1.29 is 19.1 Å². The normalized spacial score (nSPS) is 23.2. The third-order valence-electron chi connectivity index (χ3n) is 5.73. The highest BCUT2D eigenvalue weighted by Crippen LogP contribution is 2.30. The number of amides is 3. The smallest absolute Gasteiger partial charge is 0.240 e. The van der Waals surface area contributed by atoms with E-state index in [-0.39, 0.29) is 42.8 Å². The molecule has 3 amide bonds. The van der Waals surface area contributed by atoms with Crippen LogP contribution in [-0.4, -0.2) is 68.5 Å². The largest absolute Gasteiger partial charge is 0.492 e. The molecule has 0 saturated heterocycles. The number of nitrogens with zero attached hydrogens (tertiary/aromatic N) is 1. The fourth-order valence-corrected chi connectivity index (χ4v) is 3.79. The molecule has 1 aromatic rings. The van der Waals surface area contributed by atoms with Gasteiger partial charge in [-0.3, -0.25) is 14.4 Å². The van der Waals surface area contributed by atoms with Crippen molar-refractivity contribution in [1.82, 2.24) is 20.9 Å². The van der Waals surface area contributed by atoms with Crippen molar-refractivity contribution in [3.05, 3.63) is 29.8 Å². The van der Waals surface area contributed by atoms with E-state index < -0.39 is 0 Å². The first-order chi connectivity index (χ1) is 14.5. The number of likely N-dealkylation sites (N-methyl/N-ethyl adjacent to an activating group) is 1. The van der Waals surface area contributed by atoms with Crippen LogP contribution in [0.1, 0.15) is 31.2 Å². The minimum atomic E-state index is -0.341. The average Bonchev–Trinajstić information content (AvgIpc) is 2.70. The molecule has 1 heterocycles. The van der Waals surface area contributed by atoms with E-state index in [1.165, 1.54) is 4.90 Å². The lowest BCUT2D eigenvalue weighted by molar-refractivity contribution is -0.138. The van der Waals surface area contributed by atoms with Gasteiger partial charge in [0.25, 0.3) is 0 Å². The second kappa shape index (κ2) is 11.0. The average molecular weight is 417 g/mol. The lowest BCUT2D eigenvalue weighted by Crippen LogP contribution is -2.53. The fraction of sp³-hybridized carbons (Fsp3) is 0.591. The Labute approximate surface area is 177 Å². The Kier molecular flexibility index (Phi) is 8.07. The number of hydrogen-bond donors (Lipinski definition) is 3. The topological polar surface area (TPSA) is 99.8 Å².